The van der Waals surface area contributed by atoms with E-state index in [0.717, 1.165) is 19.3 Å². The molecule has 0 aromatic carbocycles. The van der Waals surface area contributed by atoms with E-state index in [1.165, 1.54) is 77.0 Å². The first-order valence-corrected chi connectivity index (χ1v) is 13.8. The number of unbranched alkanes of at least 4 members (excludes halogenated alkanes) is 15. The van der Waals surface area contributed by atoms with Gasteiger partial charge < -0.3 is 30.3 Å². The van der Waals surface area contributed by atoms with E-state index in [1.807, 2.05) is 0 Å². The minimum Gasteiger partial charge on any atom is -0.481 e. The third-order valence-corrected chi connectivity index (χ3v) is 6.61. The lowest BCUT2D eigenvalue weighted by Crippen LogP contribution is -2.52. The average molecular weight is 519 g/mol. The average Bonchev–Trinajstić information content (AvgIpc) is 2.83. The van der Waals surface area contributed by atoms with Crippen molar-refractivity contribution in [3.05, 3.63) is 0 Å². The van der Waals surface area contributed by atoms with Crippen LogP contribution in [0.3, 0.4) is 0 Å². The van der Waals surface area contributed by atoms with Crippen LogP contribution in [0.1, 0.15) is 122 Å². The van der Waals surface area contributed by atoms with E-state index in [0.29, 0.717) is 6.42 Å². The van der Waals surface area contributed by atoms with Crippen LogP contribution in [0.4, 0.5) is 0 Å². The van der Waals surface area contributed by atoms with Gasteiger partial charge in [0, 0.05) is 0 Å². The molecule has 0 aliphatic carbocycles. The summed E-state index contributed by atoms with van der Waals surface area (Å²) in [5.74, 6) is -6.45. The predicted octanol–water partition coefficient (Wildman–Crippen LogP) is 4.44. The van der Waals surface area contributed by atoms with Crippen LogP contribution in [0, 0.1) is 5.92 Å². The number of carbonyl (C=O) groups is 3. The van der Waals surface area contributed by atoms with Gasteiger partial charge >= 0.3 is 17.9 Å². The maximum atomic E-state index is 12.5. The zero-order valence-electron chi connectivity index (χ0n) is 22.2. The van der Waals surface area contributed by atoms with E-state index in [-0.39, 0.29) is 6.61 Å². The monoisotopic (exact) mass is 518 g/mol. The molecule has 0 aromatic heterocycles. The molecule has 0 bridgehead atoms. The van der Waals surface area contributed by atoms with Gasteiger partial charge in [0.05, 0.1) is 31.7 Å². The normalized spacial score (nSPS) is 14.7. The molecule has 9 nitrogen and oxygen atoms in total. The van der Waals surface area contributed by atoms with Crippen LogP contribution in [0.2, 0.25) is 0 Å². The number of carboxylic acid groups (broad SMARTS) is 2. The van der Waals surface area contributed by atoms with Gasteiger partial charge in [-0.05, 0) is 12.8 Å². The molecule has 0 amide bonds. The van der Waals surface area contributed by atoms with Gasteiger partial charge in [-0.15, -0.1) is 0 Å². The molecule has 212 valence electrons. The van der Waals surface area contributed by atoms with Crippen LogP contribution in [0.5, 0.6) is 0 Å². The number of esters is 1. The lowest BCUT2D eigenvalue weighted by Gasteiger charge is -2.30. The second-order valence-electron chi connectivity index (χ2n) is 9.90. The number of hydrogen-bond acceptors (Lipinski definition) is 7. The number of aliphatic hydroxyl groups excluding tert-OH is 2. The van der Waals surface area contributed by atoms with E-state index < -0.39 is 55.0 Å². The highest BCUT2D eigenvalue weighted by Crippen LogP contribution is 2.28. The molecule has 0 saturated heterocycles. The van der Waals surface area contributed by atoms with Gasteiger partial charge in [-0.1, -0.05) is 103 Å². The zero-order valence-corrected chi connectivity index (χ0v) is 22.2. The van der Waals surface area contributed by atoms with Crippen molar-refractivity contribution in [1.29, 1.82) is 0 Å². The third-order valence-electron chi connectivity index (χ3n) is 6.61. The molecule has 0 spiro atoms. The number of aliphatic carboxylic acids is 2. The molecular weight excluding hydrogens is 468 g/mol. The number of carboxylic acids is 2. The molecule has 9 heteroatoms. The van der Waals surface area contributed by atoms with E-state index in [1.54, 1.807) is 0 Å². The van der Waals surface area contributed by atoms with Gasteiger partial charge in [-0.3, -0.25) is 9.59 Å². The Bertz CT molecular complexity index is 596. The summed E-state index contributed by atoms with van der Waals surface area (Å²) in [4.78, 5) is 35.0. The summed E-state index contributed by atoms with van der Waals surface area (Å²) >= 11 is 0. The zero-order chi connectivity index (χ0) is 27.2. The maximum absolute atomic E-state index is 12.5. The van der Waals surface area contributed by atoms with Gasteiger partial charge in [0.25, 0.3) is 0 Å². The Morgan fingerprint density at radius 3 is 1.53 bits per heavy atom. The predicted molar refractivity (Wildman–Crippen MR) is 137 cm³/mol. The summed E-state index contributed by atoms with van der Waals surface area (Å²) in [5.41, 5.74) is -2.95. The fraction of sp³-hybridized carbons (Fsp3) is 0.889. The van der Waals surface area contributed by atoms with Crippen LogP contribution in [0.25, 0.3) is 0 Å². The largest absolute Gasteiger partial charge is 0.481 e. The number of rotatable bonds is 25. The van der Waals surface area contributed by atoms with Crippen molar-refractivity contribution < 1.29 is 44.7 Å². The molecule has 36 heavy (non-hydrogen) atoms. The minimum absolute atomic E-state index is 0.00572. The number of carbonyl (C=O) groups excluding carboxylic acids is 1. The molecule has 0 aliphatic heterocycles. The van der Waals surface area contributed by atoms with Crippen molar-refractivity contribution in [3.63, 3.8) is 0 Å². The Labute approximate surface area is 216 Å². The molecule has 0 saturated carbocycles. The highest BCUT2D eigenvalue weighted by Gasteiger charge is 2.51. The summed E-state index contributed by atoms with van der Waals surface area (Å²) in [6.07, 6.45) is 15.8. The van der Waals surface area contributed by atoms with Crippen molar-refractivity contribution in [2.45, 2.75) is 134 Å². The highest BCUT2D eigenvalue weighted by atomic mass is 16.5. The molecule has 3 unspecified atom stereocenters. The van der Waals surface area contributed by atoms with Crippen LogP contribution >= 0.6 is 0 Å². The number of aliphatic hydroxyl groups is 3. The van der Waals surface area contributed by atoms with Crippen molar-refractivity contribution in [2.75, 3.05) is 13.2 Å². The Morgan fingerprint density at radius 1 is 0.750 bits per heavy atom. The van der Waals surface area contributed by atoms with Crippen molar-refractivity contribution in [2.24, 2.45) is 5.92 Å². The Kier molecular flexibility index (Phi) is 20.4. The van der Waals surface area contributed by atoms with Crippen LogP contribution in [-0.2, 0) is 19.1 Å². The summed E-state index contributed by atoms with van der Waals surface area (Å²) < 4.78 is 5.10. The van der Waals surface area contributed by atoms with Gasteiger partial charge in [0.15, 0.2) is 5.60 Å². The third kappa shape index (κ3) is 16.1. The number of ether oxygens (including phenoxy) is 1. The summed E-state index contributed by atoms with van der Waals surface area (Å²) in [5, 5.41) is 47.4. The fourth-order valence-corrected chi connectivity index (χ4v) is 4.33. The number of hydrogen-bond donors (Lipinski definition) is 5. The van der Waals surface area contributed by atoms with Crippen LogP contribution in [-0.4, -0.2) is 68.4 Å². The standard InChI is InChI=1S/C27H50O9/c1-2-3-4-5-6-7-8-9-10-11-12-13-14-15-16-17-18-36-25(32)23(19-22(29)21-28)27(35,26(33)34)20-24(30)31/h22-23,28-29,35H,2-21H2,1H3,(H,30,31)(H,33,34). The molecule has 5 N–H and O–H groups in total. The highest BCUT2D eigenvalue weighted by molar-refractivity contribution is 5.90. The van der Waals surface area contributed by atoms with E-state index >= 15 is 0 Å². The first kappa shape index (κ1) is 34.3. The Hall–Kier alpha value is -1.71. The summed E-state index contributed by atoms with van der Waals surface area (Å²) in [6.45, 7) is 1.47. The van der Waals surface area contributed by atoms with Gasteiger partial charge in [0.1, 0.15) is 0 Å². The second kappa shape index (κ2) is 21.4. The van der Waals surface area contributed by atoms with Crippen molar-refractivity contribution in [3.8, 4) is 0 Å². The first-order chi connectivity index (χ1) is 17.2. The van der Waals surface area contributed by atoms with Gasteiger partial charge in [0.2, 0.25) is 0 Å². The van der Waals surface area contributed by atoms with Gasteiger partial charge in [-0.25, -0.2) is 4.79 Å². The van der Waals surface area contributed by atoms with Crippen LogP contribution in [0.15, 0.2) is 0 Å². The quantitative estimate of drug-likeness (QED) is 0.0868. The van der Waals surface area contributed by atoms with Crippen LogP contribution < -0.4 is 0 Å². The molecule has 3 atom stereocenters. The van der Waals surface area contributed by atoms with Gasteiger partial charge in [-0.2, -0.15) is 0 Å². The van der Waals surface area contributed by atoms with E-state index in [2.05, 4.69) is 6.92 Å². The van der Waals surface area contributed by atoms with E-state index in [4.69, 9.17) is 14.9 Å². The van der Waals surface area contributed by atoms with E-state index in [9.17, 15) is 29.7 Å². The lowest BCUT2D eigenvalue weighted by atomic mass is 9.81. The van der Waals surface area contributed by atoms with Crippen molar-refractivity contribution >= 4 is 17.9 Å². The maximum Gasteiger partial charge on any atom is 0.337 e. The molecule has 0 heterocycles. The molecule has 0 aliphatic rings. The Morgan fingerprint density at radius 2 is 1.17 bits per heavy atom. The fourth-order valence-electron chi connectivity index (χ4n) is 4.33. The summed E-state index contributed by atoms with van der Waals surface area (Å²) in [6, 6.07) is 0. The molecule has 0 rings (SSSR count). The summed E-state index contributed by atoms with van der Waals surface area (Å²) in [7, 11) is 0. The smallest absolute Gasteiger partial charge is 0.337 e. The topological polar surface area (TPSA) is 162 Å². The minimum atomic E-state index is -2.95. The SMILES string of the molecule is CCCCCCCCCCCCCCCCCCOC(=O)C(CC(O)CO)C(O)(CC(=O)O)C(=O)O. The Balaban J connectivity index is 4.05. The second-order valence-corrected chi connectivity index (χ2v) is 9.90. The molecule has 0 aromatic rings. The molecule has 0 fully saturated rings. The molecule has 0 radical (unpaired) electrons. The lowest BCUT2D eigenvalue weighted by molar-refractivity contribution is -0.183. The van der Waals surface area contributed by atoms with Crippen molar-refractivity contribution in [1.82, 2.24) is 0 Å². The first-order valence-electron chi connectivity index (χ1n) is 13.8. The molecular formula is C27H50O9.